The molecular formula is C25H32N2O5S. The Bertz CT molecular complexity index is 1110. The van der Waals surface area contributed by atoms with Gasteiger partial charge in [0.1, 0.15) is 5.75 Å². The molecule has 0 radical (unpaired) electrons. The number of carbonyl (C=O) groups is 1. The normalized spacial score (nSPS) is 17.0. The van der Waals surface area contributed by atoms with Crippen molar-refractivity contribution in [3.8, 4) is 5.75 Å². The van der Waals surface area contributed by atoms with E-state index in [2.05, 4.69) is 0 Å². The van der Waals surface area contributed by atoms with Crippen LogP contribution >= 0.6 is 0 Å². The van der Waals surface area contributed by atoms with Crippen molar-refractivity contribution in [1.29, 1.82) is 0 Å². The van der Waals surface area contributed by atoms with Gasteiger partial charge in [0.2, 0.25) is 10.0 Å². The van der Waals surface area contributed by atoms with E-state index in [9.17, 15) is 13.2 Å². The number of hydrogen-bond donors (Lipinski definition) is 0. The van der Waals surface area contributed by atoms with Gasteiger partial charge in [-0.2, -0.15) is 4.31 Å². The summed E-state index contributed by atoms with van der Waals surface area (Å²) in [5.41, 5.74) is 3.78. The van der Waals surface area contributed by atoms with Gasteiger partial charge in [0.05, 0.1) is 18.6 Å². The van der Waals surface area contributed by atoms with Crippen molar-refractivity contribution >= 4 is 15.9 Å². The van der Waals surface area contributed by atoms with E-state index in [1.54, 1.807) is 36.3 Å². The first-order chi connectivity index (χ1) is 15.9. The summed E-state index contributed by atoms with van der Waals surface area (Å²) in [4.78, 5) is 15.2. The van der Waals surface area contributed by atoms with E-state index in [0.29, 0.717) is 42.5 Å². The Morgan fingerprint density at radius 2 is 1.70 bits per heavy atom. The molecule has 8 heteroatoms. The van der Waals surface area contributed by atoms with Gasteiger partial charge in [0.15, 0.2) is 0 Å². The fraction of sp³-hybridized carbons (Fsp3) is 0.480. The second-order valence-corrected chi connectivity index (χ2v) is 10.4. The van der Waals surface area contributed by atoms with Gasteiger partial charge in [0.25, 0.3) is 5.91 Å². The fourth-order valence-corrected chi connectivity index (χ4v) is 6.04. The molecule has 4 rings (SSSR count). The van der Waals surface area contributed by atoms with E-state index in [0.717, 1.165) is 36.8 Å². The quantitative estimate of drug-likeness (QED) is 0.618. The van der Waals surface area contributed by atoms with Crippen LogP contribution in [0.5, 0.6) is 5.75 Å². The summed E-state index contributed by atoms with van der Waals surface area (Å²) >= 11 is 0. The predicted molar refractivity (Wildman–Crippen MR) is 126 cm³/mol. The molecule has 2 aromatic rings. The van der Waals surface area contributed by atoms with Crippen molar-refractivity contribution in [1.82, 2.24) is 9.21 Å². The first-order valence-corrected chi connectivity index (χ1v) is 13.0. The average Bonchev–Trinajstić information content (AvgIpc) is 2.86. The molecule has 0 atom stereocenters. The maximum atomic E-state index is 13.2. The van der Waals surface area contributed by atoms with Gasteiger partial charge >= 0.3 is 0 Å². The molecule has 1 amide bonds. The molecule has 0 bridgehead atoms. The number of nitrogens with zero attached hydrogens (tertiary/aromatic N) is 2. The van der Waals surface area contributed by atoms with Gasteiger partial charge in [-0.3, -0.25) is 4.79 Å². The lowest BCUT2D eigenvalue weighted by molar-refractivity contribution is 0.0697. The van der Waals surface area contributed by atoms with E-state index in [-0.39, 0.29) is 19.0 Å². The molecular weight excluding hydrogens is 440 g/mol. The van der Waals surface area contributed by atoms with Gasteiger partial charge in [0, 0.05) is 43.9 Å². The Hall–Kier alpha value is -2.42. The number of rotatable bonds is 7. The van der Waals surface area contributed by atoms with Crippen LogP contribution in [0.4, 0.5) is 0 Å². The van der Waals surface area contributed by atoms with Crippen LogP contribution in [-0.4, -0.2) is 63.4 Å². The zero-order chi connectivity index (χ0) is 23.4. The van der Waals surface area contributed by atoms with E-state index < -0.39 is 10.0 Å². The number of aryl methyl sites for hydroxylation is 2. The summed E-state index contributed by atoms with van der Waals surface area (Å²) in [6, 6.07) is 10.9. The first kappa shape index (κ1) is 23.7. The molecule has 1 aliphatic carbocycles. The molecule has 1 heterocycles. The van der Waals surface area contributed by atoms with E-state index in [1.807, 2.05) is 19.1 Å². The second kappa shape index (κ2) is 10.2. The molecule has 0 unspecified atom stereocenters. The Morgan fingerprint density at radius 3 is 2.39 bits per heavy atom. The highest BCUT2D eigenvalue weighted by atomic mass is 32.2. The molecule has 7 nitrogen and oxygen atoms in total. The first-order valence-electron chi connectivity index (χ1n) is 11.6. The minimum Gasteiger partial charge on any atom is -0.496 e. The standard InChI is InChI=1S/C25H32N2O5S/c1-3-32-18-22-16-21(9-11-24(22)31-2)25(28)26-12-14-27(15-13-26)33(29,30)23-10-8-19-6-4-5-7-20(19)17-23/h8-11,16-17H,3-7,12-15,18H2,1-2H3. The van der Waals surface area contributed by atoms with Crippen molar-refractivity contribution in [2.24, 2.45) is 0 Å². The van der Waals surface area contributed by atoms with Crippen LogP contribution in [0, 0.1) is 0 Å². The maximum Gasteiger partial charge on any atom is 0.253 e. The molecule has 0 spiro atoms. The molecule has 0 aromatic heterocycles. The maximum absolute atomic E-state index is 13.2. The zero-order valence-corrected chi connectivity index (χ0v) is 20.2. The fourth-order valence-electron chi connectivity index (χ4n) is 4.57. The van der Waals surface area contributed by atoms with Crippen LogP contribution in [0.25, 0.3) is 0 Å². The molecule has 0 saturated carbocycles. The lowest BCUT2D eigenvalue weighted by Gasteiger charge is -2.34. The van der Waals surface area contributed by atoms with Gasteiger partial charge in [-0.1, -0.05) is 6.07 Å². The van der Waals surface area contributed by atoms with Crippen molar-refractivity contribution in [2.75, 3.05) is 39.9 Å². The second-order valence-electron chi connectivity index (χ2n) is 8.50. The summed E-state index contributed by atoms with van der Waals surface area (Å²) < 4.78 is 38.8. The number of carbonyl (C=O) groups excluding carboxylic acids is 1. The van der Waals surface area contributed by atoms with Crippen LogP contribution in [-0.2, 0) is 34.2 Å². The lowest BCUT2D eigenvalue weighted by Crippen LogP contribution is -2.50. The number of amides is 1. The van der Waals surface area contributed by atoms with Crippen LogP contribution < -0.4 is 4.74 Å². The lowest BCUT2D eigenvalue weighted by atomic mass is 9.92. The Kier molecular flexibility index (Phi) is 7.36. The summed E-state index contributed by atoms with van der Waals surface area (Å²) in [6.45, 7) is 4.14. The number of piperazine rings is 1. The number of benzene rings is 2. The molecule has 178 valence electrons. The molecule has 1 fully saturated rings. The molecule has 33 heavy (non-hydrogen) atoms. The minimum absolute atomic E-state index is 0.110. The van der Waals surface area contributed by atoms with Crippen molar-refractivity contribution in [3.05, 3.63) is 58.7 Å². The minimum atomic E-state index is -3.57. The Morgan fingerprint density at radius 1 is 0.970 bits per heavy atom. The van der Waals surface area contributed by atoms with Crippen molar-refractivity contribution in [3.63, 3.8) is 0 Å². The van der Waals surface area contributed by atoms with Crippen molar-refractivity contribution < 1.29 is 22.7 Å². The van der Waals surface area contributed by atoms with Crippen LogP contribution in [0.15, 0.2) is 41.3 Å². The van der Waals surface area contributed by atoms with E-state index in [1.165, 1.54) is 9.87 Å². The van der Waals surface area contributed by atoms with Crippen LogP contribution in [0.1, 0.15) is 46.8 Å². The third kappa shape index (κ3) is 5.08. The number of fused-ring (bicyclic) bond motifs is 1. The van der Waals surface area contributed by atoms with Crippen LogP contribution in [0.3, 0.4) is 0 Å². The highest BCUT2D eigenvalue weighted by molar-refractivity contribution is 7.89. The topological polar surface area (TPSA) is 76.2 Å². The van der Waals surface area contributed by atoms with Gasteiger partial charge in [-0.25, -0.2) is 8.42 Å². The number of methoxy groups -OCH3 is 1. The van der Waals surface area contributed by atoms with E-state index in [4.69, 9.17) is 9.47 Å². The highest BCUT2D eigenvalue weighted by Crippen LogP contribution is 2.27. The number of sulfonamides is 1. The molecule has 2 aliphatic rings. The molecule has 1 saturated heterocycles. The third-order valence-electron chi connectivity index (χ3n) is 6.47. The van der Waals surface area contributed by atoms with E-state index >= 15 is 0 Å². The SMILES string of the molecule is CCOCc1cc(C(=O)N2CCN(S(=O)(=O)c3ccc4c(c3)CCCC4)CC2)ccc1OC. The third-order valence-corrected chi connectivity index (χ3v) is 8.37. The summed E-state index contributed by atoms with van der Waals surface area (Å²) in [5, 5.41) is 0. The molecule has 0 N–H and O–H groups in total. The van der Waals surface area contributed by atoms with Crippen molar-refractivity contribution in [2.45, 2.75) is 44.1 Å². The van der Waals surface area contributed by atoms with Crippen LogP contribution in [0.2, 0.25) is 0 Å². The largest absolute Gasteiger partial charge is 0.496 e. The van der Waals surface area contributed by atoms with Gasteiger partial charge < -0.3 is 14.4 Å². The highest BCUT2D eigenvalue weighted by Gasteiger charge is 2.31. The Labute approximate surface area is 196 Å². The number of ether oxygens (including phenoxy) is 2. The Balaban J connectivity index is 1.43. The summed E-state index contributed by atoms with van der Waals surface area (Å²) in [6.07, 6.45) is 4.23. The summed E-state index contributed by atoms with van der Waals surface area (Å²) in [5.74, 6) is 0.571. The summed E-state index contributed by atoms with van der Waals surface area (Å²) in [7, 11) is -1.98. The van der Waals surface area contributed by atoms with Gasteiger partial charge in [-0.05, 0) is 74.1 Å². The average molecular weight is 473 g/mol. The zero-order valence-electron chi connectivity index (χ0n) is 19.4. The molecule has 1 aliphatic heterocycles. The monoisotopic (exact) mass is 472 g/mol. The molecule has 2 aromatic carbocycles. The number of hydrogen-bond acceptors (Lipinski definition) is 5. The smallest absolute Gasteiger partial charge is 0.253 e. The predicted octanol–water partition coefficient (Wildman–Crippen LogP) is 3.26. The van der Waals surface area contributed by atoms with Gasteiger partial charge in [-0.15, -0.1) is 0 Å².